The summed E-state index contributed by atoms with van der Waals surface area (Å²) >= 11 is 1.60. The lowest BCUT2D eigenvalue weighted by atomic mass is 9.76. The molecule has 2 aliphatic carbocycles. The van der Waals surface area contributed by atoms with Crippen molar-refractivity contribution in [2.45, 2.75) is 49.3 Å². The van der Waals surface area contributed by atoms with E-state index < -0.39 is 21.3 Å². The molecule has 1 N–H and O–H groups in total. The van der Waals surface area contributed by atoms with E-state index in [9.17, 15) is 13.2 Å². The quantitative estimate of drug-likeness (QED) is 0.453. The highest BCUT2D eigenvalue weighted by atomic mass is 32.2. The van der Waals surface area contributed by atoms with E-state index in [1.54, 1.807) is 23.5 Å². The number of sulfonamides is 1. The number of nitrogens with one attached hydrogen (secondary N) is 1. The Morgan fingerprint density at radius 2 is 2.00 bits per heavy atom. The summed E-state index contributed by atoms with van der Waals surface area (Å²) in [6, 6.07) is 11.3. The molecular formula is C29H30N2O5S2. The zero-order valence-corrected chi connectivity index (χ0v) is 23.2. The molecule has 198 valence electrons. The van der Waals surface area contributed by atoms with Crippen LogP contribution in [0.1, 0.15) is 53.8 Å². The van der Waals surface area contributed by atoms with Gasteiger partial charge in [-0.1, -0.05) is 43.3 Å². The number of thiazole rings is 1. The van der Waals surface area contributed by atoms with Gasteiger partial charge in [0, 0.05) is 30.1 Å². The molecule has 1 saturated carbocycles. The minimum atomic E-state index is -4.18. The van der Waals surface area contributed by atoms with Crippen LogP contribution in [0, 0.1) is 12.3 Å². The Bertz CT molecular complexity index is 1570. The van der Waals surface area contributed by atoms with Crippen LogP contribution in [-0.2, 0) is 25.0 Å². The Kier molecular flexibility index (Phi) is 6.01. The molecule has 6 rings (SSSR count). The average Bonchev–Trinajstić information content (AvgIpc) is 3.54. The molecule has 0 bridgehead atoms. The van der Waals surface area contributed by atoms with E-state index in [4.69, 9.17) is 9.47 Å². The van der Waals surface area contributed by atoms with Gasteiger partial charge in [0.2, 0.25) is 5.91 Å². The number of fused-ring (bicyclic) bond motifs is 3. The summed E-state index contributed by atoms with van der Waals surface area (Å²) in [7, 11) is -2.74. The molecule has 9 heteroatoms. The predicted molar refractivity (Wildman–Crippen MR) is 147 cm³/mol. The van der Waals surface area contributed by atoms with Crippen molar-refractivity contribution in [3.63, 3.8) is 0 Å². The normalized spacial score (nSPS) is 23.3. The zero-order chi connectivity index (χ0) is 26.7. The number of aromatic nitrogens is 1. The number of ether oxygens (including phenoxy) is 2. The number of aryl methyl sites for hydroxylation is 1. The molecule has 1 aromatic heterocycles. The Hall–Kier alpha value is -3.01. The topological polar surface area (TPSA) is 94.6 Å². The number of benzene rings is 2. The Morgan fingerprint density at radius 3 is 2.71 bits per heavy atom. The maximum Gasteiger partial charge on any atom is 0.267 e. The van der Waals surface area contributed by atoms with Crippen molar-refractivity contribution in [1.29, 1.82) is 0 Å². The highest BCUT2D eigenvalue weighted by molar-refractivity contribution is 7.90. The maximum atomic E-state index is 13.6. The summed E-state index contributed by atoms with van der Waals surface area (Å²) in [5, 5.41) is 3.03. The van der Waals surface area contributed by atoms with Crippen molar-refractivity contribution >= 4 is 33.3 Å². The lowest BCUT2D eigenvalue weighted by molar-refractivity contribution is -0.123. The van der Waals surface area contributed by atoms with E-state index in [1.807, 2.05) is 48.7 Å². The first kappa shape index (κ1) is 25.3. The van der Waals surface area contributed by atoms with Crippen LogP contribution in [0.25, 0.3) is 17.3 Å². The smallest absolute Gasteiger partial charge is 0.267 e. The van der Waals surface area contributed by atoms with Crippen LogP contribution in [0.3, 0.4) is 0 Å². The van der Waals surface area contributed by atoms with Gasteiger partial charge in [-0.15, -0.1) is 11.3 Å². The number of carbonyl (C=O) groups is 1. The number of hydrogen-bond acceptors (Lipinski definition) is 7. The van der Waals surface area contributed by atoms with Crippen molar-refractivity contribution < 1.29 is 22.7 Å². The van der Waals surface area contributed by atoms with Gasteiger partial charge in [-0.05, 0) is 60.4 Å². The van der Waals surface area contributed by atoms with Crippen molar-refractivity contribution in [2.24, 2.45) is 5.41 Å². The lowest BCUT2D eigenvalue weighted by Gasteiger charge is -2.34. The molecule has 2 fully saturated rings. The molecule has 3 aromatic rings. The number of nitrogens with zero attached hydrogens (tertiary/aromatic N) is 1. The molecule has 1 saturated heterocycles. The van der Waals surface area contributed by atoms with E-state index in [0.29, 0.717) is 19.6 Å². The van der Waals surface area contributed by atoms with Crippen LogP contribution in [0.2, 0.25) is 0 Å². The predicted octanol–water partition coefficient (Wildman–Crippen LogP) is 5.20. The van der Waals surface area contributed by atoms with Gasteiger partial charge in [0.25, 0.3) is 10.0 Å². The third kappa shape index (κ3) is 4.08. The van der Waals surface area contributed by atoms with E-state index in [0.717, 1.165) is 45.8 Å². The monoisotopic (exact) mass is 550 g/mol. The van der Waals surface area contributed by atoms with Crippen molar-refractivity contribution in [3.05, 3.63) is 69.6 Å². The third-order valence-corrected chi connectivity index (χ3v) is 10.5. The molecule has 2 unspecified atom stereocenters. The second-order valence-electron chi connectivity index (χ2n) is 10.7. The van der Waals surface area contributed by atoms with E-state index in [1.165, 1.54) is 7.11 Å². The molecular weight excluding hydrogens is 520 g/mol. The van der Waals surface area contributed by atoms with Crippen LogP contribution >= 0.6 is 11.3 Å². The van der Waals surface area contributed by atoms with Gasteiger partial charge in [-0.25, -0.2) is 18.1 Å². The first-order valence-electron chi connectivity index (χ1n) is 12.8. The van der Waals surface area contributed by atoms with Crippen molar-refractivity contribution in [2.75, 3.05) is 20.3 Å². The minimum absolute atomic E-state index is 0.0199. The molecule has 1 amide bonds. The summed E-state index contributed by atoms with van der Waals surface area (Å²) in [5.41, 5.74) is 3.85. The molecule has 0 radical (unpaired) electrons. The molecule has 38 heavy (non-hydrogen) atoms. The lowest BCUT2D eigenvalue weighted by Crippen LogP contribution is -2.37. The van der Waals surface area contributed by atoms with Gasteiger partial charge in [0.15, 0.2) is 0 Å². The summed E-state index contributed by atoms with van der Waals surface area (Å²) in [4.78, 5) is 18.2. The van der Waals surface area contributed by atoms with Crippen LogP contribution in [0.15, 0.2) is 52.7 Å². The number of methoxy groups -OCH3 is 1. The van der Waals surface area contributed by atoms with Gasteiger partial charge in [0.1, 0.15) is 10.6 Å². The Morgan fingerprint density at radius 1 is 1.21 bits per heavy atom. The van der Waals surface area contributed by atoms with Crippen LogP contribution in [-0.4, -0.2) is 39.6 Å². The first-order chi connectivity index (χ1) is 18.2. The Balaban J connectivity index is 1.29. The maximum absolute atomic E-state index is 13.6. The van der Waals surface area contributed by atoms with Gasteiger partial charge >= 0.3 is 0 Å². The summed E-state index contributed by atoms with van der Waals surface area (Å²) in [5.74, 6) is -0.377. The standard InChI is InChI=1S/C29H30N2O5S2/c1-18-30-24(17-37-18)22-6-4-5-21-20(22)9-10-29(16-23(21)29)27(32)31-38(33,34)26-15-19(7-8-25(26)35-3)28(2)11-13-36-14-12-28/h4-10,15,17,23H,11-14,16H2,1-3H3,(H,31,32). The second kappa shape index (κ2) is 9.03. The molecule has 0 spiro atoms. The van der Waals surface area contributed by atoms with E-state index in [-0.39, 0.29) is 22.0 Å². The number of hydrogen-bond donors (Lipinski definition) is 1. The fourth-order valence-corrected chi connectivity index (χ4v) is 7.69. The van der Waals surface area contributed by atoms with Crippen LogP contribution in [0.4, 0.5) is 0 Å². The SMILES string of the molecule is COc1ccc(C2(C)CCOCC2)cc1S(=O)(=O)NC(=O)C12C=Cc3c(-c4csc(C)n4)cccc3C1C2. The molecule has 2 aromatic carbocycles. The largest absolute Gasteiger partial charge is 0.495 e. The molecule has 7 nitrogen and oxygen atoms in total. The van der Waals surface area contributed by atoms with Gasteiger partial charge in [-0.3, -0.25) is 4.79 Å². The fraction of sp³-hybridized carbons (Fsp3) is 0.379. The summed E-state index contributed by atoms with van der Waals surface area (Å²) in [6.45, 7) is 5.35. The zero-order valence-electron chi connectivity index (χ0n) is 21.6. The van der Waals surface area contributed by atoms with Gasteiger partial charge < -0.3 is 9.47 Å². The average molecular weight is 551 g/mol. The van der Waals surface area contributed by atoms with Crippen LogP contribution in [0.5, 0.6) is 5.75 Å². The second-order valence-corrected chi connectivity index (χ2v) is 13.4. The minimum Gasteiger partial charge on any atom is -0.495 e. The Labute approximate surface area is 227 Å². The highest BCUT2D eigenvalue weighted by Gasteiger charge is 2.61. The molecule has 3 aliphatic rings. The van der Waals surface area contributed by atoms with Gasteiger partial charge in [0.05, 0.1) is 23.2 Å². The summed E-state index contributed by atoms with van der Waals surface area (Å²) < 4.78 is 40.5. The molecule has 2 atom stereocenters. The van der Waals surface area contributed by atoms with Gasteiger partial charge in [-0.2, -0.15) is 0 Å². The molecule has 1 aliphatic heterocycles. The van der Waals surface area contributed by atoms with Crippen molar-refractivity contribution in [1.82, 2.24) is 9.71 Å². The fourth-order valence-electron chi connectivity index (χ4n) is 5.84. The third-order valence-electron chi connectivity index (χ3n) is 8.36. The number of amides is 1. The number of carbonyl (C=O) groups excluding carboxylic acids is 1. The highest BCUT2D eigenvalue weighted by Crippen LogP contribution is 2.64. The van der Waals surface area contributed by atoms with E-state index in [2.05, 4.69) is 16.6 Å². The summed E-state index contributed by atoms with van der Waals surface area (Å²) in [6.07, 6.45) is 5.96. The molecule has 2 heterocycles. The first-order valence-corrected chi connectivity index (χ1v) is 15.1. The number of rotatable bonds is 6. The van der Waals surface area contributed by atoms with Crippen LogP contribution < -0.4 is 9.46 Å². The van der Waals surface area contributed by atoms with Crippen molar-refractivity contribution in [3.8, 4) is 17.0 Å². The van der Waals surface area contributed by atoms with E-state index >= 15 is 0 Å².